The Labute approximate surface area is 236 Å². The Morgan fingerprint density at radius 3 is 1.15 bits per heavy atom. The van der Waals surface area contributed by atoms with Crippen molar-refractivity contribution in [1.29, 1.82) is 0 Å². The number of hydrogen-bond acceptors (Lipinski definition) is 11. The summed E-state index contributed by atoms with van der Waals surface area (Å²) in [4.78, 5) is 12.8. The Hall–Kier alpha value is -1.09. The smallest absolute Gasteiger partial charge is 0.408 e. The molecule has 0 aromatic heterocycles. The molecule has 0 aromatic rings. The van der Waals surface area contributed by atoms with Crippen LogP contribution in [0.5, 0.6) is 0 Å². The van der Waals surface area contributed by atoms with E-state index in [1.54, 1.807) is 0 Å². The molecule has 0 bridgehead atoms. The third-order valence-electron chi connectivity index (χ3n) is 5.11. The first-order valence-electron chi connectivity index (χ1n) is 14.4. The molecule has 12 heteroatoms. The SMILES string of the molecule is CC(C)(C)OC(=O)NC(COCCCOCCCN)(COCCCOCCCN)COCCCOCCCN. The summed E-state index contributed by atoms with van der Waals surface area (Å²) in [6, 6.07) is 0. The van der Waals surface area contributed by atoms with Gasteiger partial charge in [-0.2, -0.15) is 0 Å². The predicted molar refractivity (Wildman–Crippen MR) is 152 cm³/mol. The van der Waals surface area contributed by atoms with E-state index >= 15 is 0 Å². The van der Waals surface area contributed by atoms with E-state index in [-0.39, 0.29) is 19.8 Å². The number of rotatable bonds is 28. The molecule has 0 aromatic carbocycles. The van der Waals surface area contributed by atoms with Crippen molar-refractivity contribution in [2.45, 2.75) is 70.4 Å². The summed E-state index contributed by atoms with van der Waals surface area (Å²) in [7, 11) is 0. The van der Waals surface area contributed by atoms with Crippen LogP contribution in [0.1, 0.15) is 59.3 Å². The molecular weight excluding hydrogens is 508 g/mol. The van der Waals surface area contributed by atoms with E-state index in [1.807, 2.05) is 20.8 Å². The fourth-order valence-electron chi connectivity index (χ4n) is 3.21. The molecule has 0 aliphatic heterocycles. The van der Waals surface area contributed by atoms with Crippen LogP contribution in [0.25, 0.3) is 0 Å². The molecule has 0 saturated carbocycles. The van der Waals surface area contributed by atoms with Gasteiger partial charge in [0.05, 0.1) is 19.8 Å². The van der Waals surface area contributed by atoms with Gasteiger partial charge in [0.15, 0.2) is 0 Å². The van der Waals surface area contributed by atoms with Crippen molar-refractivity contribution in [3.8, 4) is 0 Å². The van der Waals surface area contributed by atoms with E-state index in [2.05, 4.69) is 5.32 Å². The molecule has 12 nitrogen and oxygen atoms in total. The summed E-state index contributed by atoms with van der Waals surface area (Å²) < 4.78 is 40.1. The van der Waals surface area contributed by atoms with Crippen LogP contribution in [0, 0.1) is 0 Å². The van der Waals surface area contributed by atoms with E-state index in [0.29, 0.717) is 79.1 Å². The molecule has 0 fully saturated rings. The molecule has 0 heterocycles. The van der Waals surface area contributed by atoms with Crippen LogP contribution in [0.2, 0.25) is 0 Å². The van der Waals surface area contributed by atoms with Crippen molar-refractivity contribution in [2.75, 3.05) is 98.9 Å². The second kappa shape index (κ2) is 25.8. The van der Waals surface area contributed by atoms with Gasteiger partial charge in [-0.3, -0.25) is 0 Å². The second-order valence-electron chi connectivity index (χ2n) is 10.4. The Morgan fingerprint density at radius 2 is 0.846 bits per heavy atom. The predicted octanol–water partition coefficient (Wildman–Crippen LogP) is 1.57. The topological polar surface area (TPSA) is 172 Å². The molecular formula is C27H58N4O8. The van der Waals surface area contributed by atoms with E-state index < -0.39 is 17.2 Å². The monoisotopic (exact) mass is 566 g/mol. The highest BCUT2D eigenvalue weighted by Crippen LogP contribution is 2.14. The normalized spacial score (nSPS) is 12.2. The maximum absolute atomic E-state index is 12.8. The van der Waals surface area contributed by atoms with Crippen molar-refractivity contribution >= 4 is 6.09 Å². The summed E-state index contributed by atoms with van der Waals surface area (Å²) >= 11 is 0. The van der Waals surface area contributed by atoms with Crippen LogP contribution in [-0.4, -0.2) is 116 Å². The molecule has 7 N–H and O–H groups in total. The van der Waals surface area contributed by atoms with Crippen LogP contribution < -0.4 is 22.5 Å². The number of ether oxygens (including phenoxy) is 7. The molecule has 39 heavy (non-hydrogen) atoms. The third kappa shape index (κ3) is 25.6. The molecule has 0 atom stereocenters. The van der Waals surface area contributed by atoms with Gasteiger partial charge in [-0.05, 0) is 78.9 Å². The molecule has 0 unspecified atom stereocenters. The zero-order valence-electron chi connectivity index (χ0n) is 24.8. The van der Waals surface area contributed by atoms with Gasteiger partial charge in [-0.15, -0.1) is 0 Å². The van der Waals surface area contributed by atoms with Gasteiger partial charge >= 0.3 is 6.09 Å². The summed E-state index contributed by atoms with van der Waals surface area (Å²) in [5, 5.41) is 2.97. The molecule has 0 aliphatic rings. The number of alkyl carbamates (subject to hydrolysis) is 1. The van der Waals surface area contributed by atoms with Gasteiger partial charge in [-0.25, -0.2) is 4.79 Å². The molecule has 234 valence electrons. The number of carbonyl (C=O) groups is 1. The average molecular weight is 567 g/mol. The lowest BCUT2D eigenvalue weighted by molar-refractivity contribution is -0.0504. The third-order valence-corrected chi connectivity index (χ3v) is 5.11. The van der Waals surface area contributed by atoms with Crippen LogP contribution in [-0.2, 0) is 33.2 Å². The number of carbonyl (C=O) groups excluding carboxylic acids is 1. The fraction of sp³-hybridized carbons (Fsp3) is 0.963. The van der Waals surface area contributed by atoms with Gasteiger partial charge in [-0.1, -0.05) is 0 Å². The average Bonchev–Trinajstić information content (AvgIpc) is 2.87. The lowest BCUT2D eigenvalue weighted by Crippen LogP contribution is -2.59. The van der Waals surface area contributed by atoms with Crippen LogP contribution in [0.15, 0.2) is 0 Å². The van der Waals surface area contributed by atoms with Crippen molar-refractivity contribution in [3.63, 3.8) is 0 Å². The summed E-state index contributed by atoms with van der Waals surface area (Å²) in [6.07, 6.45) is 4.08. The number of amides is 1. The van der Waals surface area contributed by atoms with E-state index in [4.69, 9.17) is 50.4 Å². The molecule has 0 radical (unpaired) electrons. The number of hydrogen-bond donors (Lipinski definition) is 4. The molecule has 0 spiro atoms. The number of nitrogens with two attached hydrogens (primary N) is 3. The Kier molecular flexibility index (Phi) is 25.1. The van der Waals surface area contributed by atoms with Crippen LogP contribution in [0.4, 0.5) is 4.79 Å². The van der Waals surface area contributed by atoms with Gasteiger partial charge in [0, 0.05) is 59.5 Å². The van der Waals surface area contributed by atoms with E-state index in [1.165, 1.54) is 0 Å². The highest BCUT2D eigenvalue weighted by atomic mass is 16.6. The first-order valence-corrected chi connectivity index (χ1v) is 14.4. The molecule has 0 aliphatic carbocycles. The highest BCUT2D eigenvalue weighted by Gasteiger charge is 2.35. The van der Waals surface area contributed by atoms with Crippen molar-refractivity contribution in [3.05, 3.63) is 0 Å². The van der Waals surface area contributed by atoms with Crippen molar-refractivity contribution < 1.29 is 38.0 Å². The second-order valence-corrected chi connectivity index (χ2v) is 10.4. The summed E-state index contributed by atoms with van der Waals surface area (Å²) in [5.41, 5.74) is 14.9. The molecule has 0 rings (SSSR count). The zero-order chi connectivity index (χ0) is 29.1. The maximum atomic E-state index is 12.8. The highest BCUT2D eigenvalue weighted by molar-refractivity contribution is 5.68. The maximum Gasteiger partial charge on any atom is 0.408 e. The Balaban J connectivity index is 5.01. The summed E-state index contributed by atoms with van der Waals surface area (Å²) in [6.45, 7) is 12.9. The molecule has 0 saturated heterocycles. The van der Waals surface area contributed by atoms with Crippen LogP contribution >= 0.6 is 0 Å². The lowest BCUT2D eigenvalue weighted by Gasteiger charge is -2.35. The van der Waals surface area contributed by atoms with Crippen LogP contribution in [0.3, 0.4) is 0 Å². The Bertz CT molecular complexity index is 502. The van der Waals surface area contributed by atoms with E-state index in [9.17, 15) is 4.79 Å². The minimum atomic E-state index is -0.941. The van der Waals surface area contributed by atoms with Gasteiger partial charge < -0.3 is 55.7 Å². The minimum absolute atomic E-state index is 0.190. The molecule has 1 amide bonds. The zero-order valence-corrected chi connectivity index (χ0v) is 24.8. The number of nitrogens with one attached hydrogen (secondary N) is 1. The largest absolute Gasteiger partial charge is 0.444 e. The standard InChI is InChI=1S/C27H58N4O8/c1-26(2,3)39-25(32)31-27(22-36-19-7-16-33-13-4-10-28,23-37-20-8-17-34-14-5-11-29)24-38-21-9-18-35-15-6-12-30/h4-24,28-30H2,1-3H3,(H,31,32). The lowest BCUT2D eigenvalue weighted by atomic mass is 10.0. The van der Waals surface area contributed by atoms with Gasteiger partial charge in [0.25, 0.3) is 0 Å². The first-order chi connectivity index (χ1) is 18.8. The fourth-order valence-corrected chi connectivity index (χ4v) is 3.21. The van der Waals surface area contributed by atoms with Crippen molar-refractivity contribution in [2.24, 2.45) is 17.2 Å². The first kappa shape index (κ1) is 37.9. The Morgan fingerprint density at radius 1 is 0.538 bits per heavy atom. The van der Waals surface area contributed by atoms with Gasteiger partial charge in [0.1, 0.15) is 11.1 Å². The van der Waals surface area contributed by atoms with Crippen molar-refractivity contribution in [1.82, 2.24) is 5.32 Å². The van der Waals surface area contributed by atoms with Gasteiger partial charge in [0.2, 0.25) is 0 Å². The quantitative estimate of drug-likeness (QED) is 0.101. The van der Waals surface area contributed by atoms with E-state index in [0.717, 1.165) is 38.5 Å². The summed E-state index contributed by atoms with van der Waals surface area (Å²) in [5.74, 6) is 0. The minimum Gasteiger partial charge on any atom is -0.444 e.